The summed E-state index contributed by atoms with van der Waals surface area (Å²) in [5, 5.41) is 8.87. The molecule has 0 N–H and O–H groups in total. The lowest BCUT2D eigenvalue weighted by molar-refractivity contribution is 0.0929. The number of carbonyl (C=O) groups is 1. The Bertz CT molecular complexity index is 812. The van der Waals surface area contributed by atoms with E-state index in [0.717, 1.165) is 23.4 Å². The van der Waals surface area contributed by atoms with Gasteiger partial charge in [0.2, 0.25) is 0 Å². The topological polar surface area (TPSA) is 45.8 Å². The molecule has 0 aliphatic carbocycles. The van der Waals surface area contributed by atoms with E-state index in [9.17, 15) is 4.79 Å². The van der Waals surface area contributed by atoms with Gasteiger partial charge in [-0.25, -0.2) is 0 Å². The molecule has 3 heteroatoms. The molecule has 2 heterocycles. The second-order valence-electron chi connectivity index (χ2n) is 5.44. The molecule has 0 radical (unpaired) electrons. The van der Waals surface area contributed by atoms with Crippen molar-refractivity contribution in [1.29, 1.82) is 5.26 Å². The molecule has 0 spiro atoms. The molecule has 0 amide bonds. The van der Waals surface area contributed by atoms with Crippen molar-refractivity contribution in [2.24, 2.45) is 5.92 Å². The molecule has 1 aliphatic rings. The maximum absolute atomic E-state index is 12.0. The number of hydrogen-bond acceptors (Lipinski definition) is 2. The lowest BCUT2D eigenvalue weighted by atomic mass is 9.99. The van der Waals surface area contributed by atoms with Crippen LogP contribution in [-0.4, -0.2) is 10.4 Å². The van der Waals surface area contributed by atoms with E-state index < -0.39 is 0 Å². The second kappa shape index (κ2) is 5.31. The van der Waals surface area contributed by atoms with Crippen molar-refractivity contribution in [3.8, 4) is 17.9 Å². The summed E-state index contributed by atoms with van der Waals surface area (Å²) in [6.07, 6.45) is 2.55. The van der Waals surface area contributed by atoms with E-state index in [1.54, 1.807) is 12.1 Å². The number of hydrogen-bond donors (Lipinski definition) is 0. The third-order valence-corrected chi connectivity index (χ3v) is 3.57. The standard InChI is InChI=1S/C18H14N2O/c1-13-7-18(21)17-9-16(12-20(17)11-13)6-5-14-3-2-4-15(8-14)10-19/h2-4,8-9,12-13H,7,11H2,1H3. The van der Waals surface area contributed by atoms with Crippen molar-refractivity contribution in [3.05, 3.63) is 58.9 Å². The quantitative estimate of drug-likeness (QED) is 0.693. The zero-order valence-electron chi connectivity index (χ0n) is 11.8. The van der Waals surface area contributed by atoms with Crippen molar-refractivity contribution in [1.82, 2.24) is 4.57 Å². The molecular formula is C18H14N2O. The predicted octanol–water partition coefficient (Wildman–Crippen LogP) is 2.98. The molecule has 1 aromatic heterocycles. The molecule has 0 saturated carbocycles. The van der Waals surface area contributed by atoms with Crippen LogP contribution in [0.15, 0.2) is 36.5 Å². The van der Waals surface area contributed by atoms with E-state index in [2.05, 4.69) is 24.8 Å². The van der Waals surface area contributed by atoms with Gasteiger partial charge in [-0.15, -0.1) is 0 Å². The third-order valence-electron chi connectivity index (χ3n) is 3.57. The first kappa shape index (κ1) is 13.2. The number of nitriles is 1. The monoisotopic (exact) mass is 274 g/mol. The summed E-state index contributed by atoms with van der Waals surface area (Å²) in [5.41, 5.74) is 3.00. The number of rotatable bonds is 0. The van der Waals surface area contributed by atoms with Crippen LogP contribution in [0.25, 0.3) is 0 Å². The van der Waals surface area contributed by atoms with Crippen LogP contribution in [-0.2, 0) is 6.54 Å². The van der Waals surface area contributed by atoms with Gasteiger partial charge in [0.1, 0.15) is 0 Å². The smallest absolute Gasteiger partial charge is 0.179 e. The minimum Gasteiger partial charge on any atom is -0.344 e. The molecule has 1 unspecified atom stereocenters. The van der Waals surface area contributed by atoms with Crippen LogP contribution in [0.1, 0.15) is 40.5 Å². The molecule has 0 bridgehead atoms. The van der Waals surface area contributed by atoms with Crippen LogP contribution in [0.4, 0.5) is 0 Å². The van der Waals surface area contributed by atoms with Gasteiger partial charge in [-0.3, -0.25) is 4.79 Å². The number of benzene rings is 1. The fourth-order valence-electron chi connectivity index (χ4n) is 2.60. The van der Waals surface area contributed by atoms with E-state index in [0.29, 0.717) is 17.9 Å². The van der Waals surface area contributed by atoms with Gasteiger partial charge in [0, 0.05) is 30.3 Å². The van der Waals surface area contributed by atoms with Gasteiger partial charge in [-0.2, -0.15) is 5.26 Å². The Balaban J connectivity index is 1.90. The molecule has 21 heavy (non-hydrogen) atoms. The zero-order valence-corrected chi connectivity index (χ0v) is 11.8. The van der Waals surface area contributed by atoms with Gasteiger partial charge in [-0.05, 0) is 30.2 Å². The van der Waals surface area contributed by atoms with Crippen LogP contribution in [0, 0.1) is 29.1 Å². The fourth-order valence-corrected chi connectivity index (χ4v) is 2.60. The summed E-state index contributed by atoms with van der Waals surface area (Å²) >= 11 is 0. The lowest BCUT2D eigenvalue weighted by Gasteiger charge is -2.19. The average Bonchev–Trinajstić information content (AvgIpc) is 2.88. The molecule has 1 aromatic carbocycles. The Morgan fingerprint density at radius 2 is 1.95 bits per heavy atom. The number of ketones is 1. The second-order valence-corrected chi connectivity index (χ2v) is 5.44. The SMILES string of the molecule is CC1CC(=O)c2cc(C#Cc3cccc(C#N)c3)cn2C1. The number of nitrogens with zero attached hydrogens (tertiary/aromatic N) is 2. The minimum atomic E-state index is 0.188. The number of aromatic nitrogens is 1. The number of carbonyl (C=O) groups excluding carboxylic acids is 1. The van der Waals surface area contributed by atoms with Gasteiger partial charge in [0.15, 0.2) is 5.78 Å². The van der Waals surface area contributed by atoms with Gasteiger partial charge in [0.05, 0.1) is 17.3 Å². The van der Waals surface area contributed by atoms with Crippen LogP contribution < -0.4 is 0 Å². The van der Waals surface area contributed by atoms with Crippen LogP contribution >= 0.6 is 0 Å². The first-order valence-corrected chi connectivity index (χ1v) is 6.91. The van der Waals surface area contributed by atoms with Crippen molar-refractivity contribution in [2.45, 2.75) is 19.9 Å². The Morgan fingerprint density at radius 3 is 2.76 bits per heavy atom. The molecule has 102 valence electrons. The Labute approximate surface area is 123 Å². The molecule has 0 fully saturated rings. The van der Waals surface area contributed by atoms with Gasteiger partial charge in [0.25, 0.3) is 0 Å². The fraction of sp³-hybridized carbons (Fsp3) is 0.222. The molecular weight excluding hydrogens is 260 g/mol. The minimum absolute atomic E-state index is 0.188. The summed E-state index contributed by atoms with van der Waals surface area (Å²) in [6.45, 7) is 2.95. The average molecular weight is 274 g/mol. The molecule has 3 rings (SSSR count). The highest BCUT2D eigenvalue weighted by Gasteiger charge is 2.22. The van der Waals surface area contributed by atoms with Crippen molar-refractivity contribution < 1.29 is 4.79 Å². The lowest BCUT2D eigenvalue weighted by Crippen LogP contribution is -2.22. The Morgan fingerprint density at radius 1 is 1.19 bits per heavy atom. The first-order valence-electron chi connectivity index (χ1n) is 6.91. The largest absolute Gasteiger partial charge is 0.344 e. The van der Waals surface area contributed by atoms with Crippen molar-refractivity contribution in [3.63, 3.8) is 0 Å². The first-order chi connectivity index (χ1) is 10.2. The van der Waals surface area contributed by atoms with E-state index in [-0.39, 0.29) is 5.78 Å². The molecule has 1 aliphatic heterocycles. The molecule has 0 saturated heterocycles. The summed E-state index contributed by atoms with van der Waals surface area (Å²) in [5.74, 6) is 6.69. The number of Topliss-reactive ketones (excluding diaryl/α,β-unsaturated/α-hetero) is 1. The van der Waals surface area contributed by atoms with E-state index in [1.807, 2.05) is 29.0 Å². The van der Waals surface area contributed by atoms with Gasteiger partial charge in [-0.1, -0.05) is 24.8 Å². The number of fused-ring (bicyclic) bond motifs is 1. The zero-order chi connectivity index (χ0) is 14.8. The highest BCUT2D eigenvalue weighted by Crippen LogP contribution is 2.21. The van der Waals surface area contributed by atoms with Gasteiger partial charge < -0.3 is 4.57 Å². The Kier molecular flexibility index (Phi) is 3.34. The van der Waals surface area contributed by atoms with E-state index >= 15 is 0 Å². The van der Waals surface area contributed by atoms with Crippen molar-refractivity contribution >= 4 is 5.78 Å². The molecule has 2 aromatic rings. The third kappa shape index (κ3) is 2.73. The molecule has 3 nitrogen and oxygen atoms in total. The van der Waals surface area contributed by atoms with Crippen LogP contribution in [0.2, 0.25) is 0 Å². The maximum Gasteiger partial charge on any atom is 0.179 e. The summed E-state index contributed by atoms with van der Waals surface area (Å²) < 4.78 is 1.99. The highest BCUT2D eigenvalue weighted by molar-refractivity contribution is 5.95. The van der Waals surface area contributed by atoms with Crippen LogP contribution in [0.5, 0.6) is 0 Å². The van der Waals surface area contributed by atoms with E-state index in [1.165, 1.54) is 0 Å². The maximum atomic E-state index is 12.0. The Hall–Kier alpha value is -2.78. The summed E-state index contributed by atoms with van der Waals surface area (Å²) in [4.78, 5) is 12.0. The van der Waals surface area contributed by atoms with Gasteiger partial charge >= 0.3 is 0 Å². The summed E-state index contributed by atoms with van der Waals surface area (Å²) in [7, 11) is 0. The normalized spacial score (nSPS) is 16.6. The van der Waals surface area contributed by atoms with Crippen molar-refractivity contribution in [2.75, 3.05) is 0 Å². The van der Waals surface area contributed by atoms with E-state index in [4.69, 9.17) is 5.26 Å². The highest BCUT2D eigenvalue weighted by atomic mass is 16.1. The molecule has 1 atom stereocenters. The predicted molar refractivity (Wildman–Crippen MR) is 79.7 cm³/mol. The summed E-state index contributed by atoms with van der Waals surface area (Å²) in [6, 6.07) is 11.2. The van der Waals surface area contributed by atoms with Crippen LogP contribution in [0.3, 0.4) is 0 Å².